The molecule has 1 fully saturated rings. The minimum Gasteiger partial charge on any atom is -0.351 e. The topological polar surface area (TPSA) is 49.6 Å². The summed E-state index contributed by atoms with van der Waals surface area (Å²) in [5.41, 5.74) is 3.41. The van der Waals surface area contributed by atoms with E-state index in [-0.39, 0.29) is 5.91 Å². The van der Waals surface area contributed by atoms with Crippen molar-refractivity contribution in [3.8, 4) is 0 Å². The summed E-state index contributed by atoms with van der Waals surface area (Å²) in [5, 5.41) is 3.78. The van der Waals surface area contributed by atoms with Gasteiger partial charge in [-0.15, -0.1) is 0 Å². The number of hydrogen-bond donors (Lipinski definition) is 0. The number of benzene rings is 1. The quantitative estimate of drug-likeness (QED) is 0.872. The Morgan fingerprint density at radius 1 is 1.18 bits per heavy atom. The average Bonchev–Trinajstić information content (AvgIpc) is 2.96. The zero-order valence-corrected chi connectivity index (χ0v) is 13.1. The zero-order chi connectivity index (χ0) is 15.5. The number of nitrogens with zero attached hydrogens (tertiary/aromatic N) is 3. The average molecular weight is 299 g/mol. The predicted octanol–water partition coefficient (Wildman–Crippen LogP) is 2.25. The van der Waals surface area contributed by atoms with Crippen LogP contribution < -0.4 is 0 Å². The fraction of sp³-hybridized carbons (Fsp3) is 0.412. The Balaban J connectivity index is 1.56. The van der Waals surface area contributed by atoms with Gasteiger partial charge in [-0.2, -0.15) is 0 Å². The van der Waals surface area contributed by atoms with Crippen LogP contribution in [0.2, 0.25) is 0 Å². The van der Waals surface area contributed by atoms with Crippen LogP contribution in [0.3, 0.4) is 0 Å². The molecule has 1 aromatic carbocycles. The molecule has 0 saturated carbocycles. The third kappa shape index (κ3) is 3.20. The van der Waals surface area contributed by atoms with Gasteiger partial charge in [-0.1, -0.05) is 29.4 Å². The molecule has 0 N–H and O–H groups in total. The second-order valence-electron chi connectivity index (χ2n) is 5.83. The van der Waals surface area contributed by atoms with Crippen LogP contribution in [0.15, 0.2) is 34.9 Å². The standard InChI is InChI=1S/C17H21N3O2/c1-13-5-3-4-6-15(13)12-19-7-9-20(10-8-19)17(21)16-11-14(2)18-22-16/h3-6,11H,7-10,12H2,1-2H3. The lowest BCUT2D eigenvalue weighted by atomic mass is 10.1. The molecule has 0 spiro atoms. The Morgan fingerprint density at radius 2 is 1.91 bits per heavy atom. The number of aromatic nitrogens is 1. The molecule has 3 rings (SSSR count). The minimum atomic E-state index is -0.0591. The fourth-order valence-electron chi connectivity index (χ4n) is 2.76. The summed E-state index contributed by atoms with van der Waals surface area (Å²) in [6, 6.07) is 10.1. The molecule has 5 nitrogen and oxygen atoms in total. The second-order valence-corrected chi connectivity index (χ2v) is 5.83. The third-order valence-electron chi connectivity index (χ3n) is 4.15. The van der Waals surface area contributed by atoms with Gasteiger partial charge < -0.3 is 9.42 Å². The van der Waals surface area contributed by atoms with Crippen LogP contribution in [0.1, 0.15) is 27.4 Å². The van der Waals surface area contributed by atoms with Crippen LogP contribution >= 0.6 is 0 Å². The van der Waals surface area contributed by atoms with E-state index >= 15 is 0 Å². The van der Waals surface area contributed by atoms with Gasteiger partial charge in [-0.05, 0) is 25.0 Å². The van der Waals surface area contributed by atoms with Crippen molar-refractivity contribution < 1.29 is 9.32 Å². The summed E-state index contributed by atoms with van der Waals surface area (Å²) in [6.45, 7) is 8.12. The second kappa shape index (κ2) is 6.32. The summed E-state index contributed by atoms with van der Waals surface area (Å²) in [4.78, 5) is 16.5. The molecule has 22 heavy (non-hydrogen) atoms. The number of amides is 1. The Hall–Kier alpha value is -2.14. The van der Waals surface area contributed by atoms with Crippen LogP contribution in [-0.4, -0.2) is 47.0 Å². The van der Waals surface area contributed by atoms with Crippen LogP contribution in [-0.2, 0) is 6.54 Å². The van der Waals surface area contributed by atoms with Gasteiger partial charge >= 0.3 is 0 Å². The van der Waals surface area contributed by atoms with Crippen LogP contribution in [0, 0.1) is 13.8 Å². The summed E-state index contributed by atoms with van der Waals surface area (Å²) >= 11 is 0. The molecule has 2 heterocycles. The minimum absolute atomic E-state index is 0.0591. The Kier molecular flexibility index (Phi) is 4.24. The molecule has 1 aliphatic rings. The molecule has 1 aromatic heterocycles. The van der Waals surface area contributed by atoms with Crippen LogP contribution in [0.25, 0.3) is 0 Å². The summed E-state index contributed by atoms with van der Waals surface area (Å²) < 4.78 is 5.06. The predicted molar refractivity (Wildman–Crippen MR) is 83.6 cm³/mol. The van der Waals surface area contributed by atoms with Crippen molar-refractivity contribution in [1.82, 2.24) is 15.0 Å². The number of carbonyl (C=O) groups excluding carboxylic acids is 1. The molecule has 1 aliphatic heterocycles. The summed E-state index contributed by atoms with van der Waals surface area (Å²) in [7, 11) is 0. The summed E-state index contributed by atoms with van der Waals surface area (Å²) in [5.74, 6) is 0.279. The molecule has 0 bridgehead atoms. The van der Waals surface area contributed by atoms with E-state index in [1.54, 1.807) is 6.07 Å². The Labute approximate surface area is 130 Å². The van der Waals surface area contributed by atoms with Crippen LogP contribution in [0.5, 0.6) is 0 Å². The monoisotopic (exact) mass is 299 g/mol. The van der Waals surface area contributed by atoms with E-state index in [0.717, 1.165) is 38.4 Å². The highest BCUT2D eigenvalue weighted by Crippen LogP contribution is 2.14. The highest BCUT2D eigenvalue weighted by Gasteiger charge is 2.24. The molecular weight excluding hydrogens is 278 g/mol. The maximum atomic E-state index is 12.3. The van der Waals surface area contributed by atoms with Gasteiger partial charge in [-0.25, -0.2) is 0 Å². The van der Waals surface area contributed by atoms with Crippen molar-refractivity contribution in [3.05, 3.63) is 52.9 Å². The number of rotatable bonds is 3. The van der Waals surface area contributed by atoms with Crippen molar-refractivity contribution in [2.75, 3.05) is 26.2 Å². The molecule has 0 aliphatic carbocycles. The number of aryl methyl sites for hydroxylation is 2. The smallest absolute Gasteiger partial charge is 0.292 e. The fourth-order valence-corrected chi connectivity index (χ4v) is 2.76. The van der Waals surface area contributed by atoms with E-state index < -0.39 is 0 Å². The maximum absolute atomic E-state index is 12.3. The Morgan fingerprint density at radius 3 is 2.55 bits per heavy atom. The van der Waals surface area contributed by atoms with E-state index in [1.165, 1.54) is 11.1 Å². The lowest BCUT2D eigenvalue weighted by Gasteiger charge is -2.34. The largest absolute Gasteiger partial charge is 0.351 e. The van der Waals surface area contributed by atoms with Crippen molar-refractivity contribution in [3.63, 3.8) is 0 Å². The first-order valence-electron chi connectivity index (χ1n) is 7.63. The van der Waals surface area contributed by atoms with Gasteiger partial charge in [0.15, 0.2) is 0 Å². The zero-order valence-electron chi connectivity index (χ0n) is 13.1. The molecule has 116 valence electrons. The van der Waals surface area contributed by atoms with Gasteiger partial charge in [-0.3, -0.25) is 9.69 Å². The van der Waals surface area contributed by atoms with E-state index in [2.05, 4.69) is 41.2 Å². The molecular formula is C17H21N3O2. The molecule has 2 aromatic rings. The number of hydrogen-bond acceptors (Lipinski definition) is 4. The third-order valence-corrected chi connectivity index (χ3v) is 4.15. The first kappa shape index (κ1) is 14.8. The summed E-state index contributed by atoms with van der Waals surface area (Å²) in [6.07, 6.45) is 0. The van der Waals surface area contributed by atoms with Gasteiger partial charge in [0.2, 0.25) is 5.76 Å². The van der Waals surface area contributed by atoms with E-state index in [9.17, 15) is 4.79 Å². The molecule has 0 radical (unpaired) electrons. The SMILES string of the molecule is Cc1cc(C(=O)N2CCN(Cc3ccccc3C)CC2)on1. The molecule has 1 saturated heterocycles. The van der Waals surface area contributed by atoms with Gasteiger partial charge in [0.05, 0.1) is 5.69 Å². The highest BCUT2D eigenvalue weighted by molar-refractivity contribution is 5.91. The van der Waals surface area contributed by atoms with E-state index in [0.29, 0.717) is 5.76 Å². The van der Waals surface area contributed by atoms with Crippen molar-refractivity contribution in [2.45, 2.75) is 20.4 Å². The van der Waals surface area contributed by atoms with Crippen molar-refractivity contribution >= 4 is 5.91 Å². The molecule has 0 atom stereocenters. The van der Waals surface area contributed by atoms with Gasteiger partial charge in [0, 0.05) is 38.8 Å². The van der Waals surface area contributed by atoms with Crippen molar-refractivity contribution in [1.29, 1.82) is 0 Å². The van der Waals surface area contributed by atoms with E-state index in [1.807, 2.05) is 11.8 Å². The first-order chi connectivity index (χ1) is 10.6. The molecule has 5 heteroatoms. The molecule has 0 unspecified atom stereocenters. The van der Waals surface area contributed by atoms with Gasteiger partial charge in [0.25, 0.3) is 5.91 Å². The maximum Gasteiger partial charge on any atom is 0.292 e. The van der Waals surface area contributed by atoms with E-state index in [4.69, 9.17) is 4.52 Å². The lowest BCUT2D eigenvalue weighted by molar-refractivity contribution is 0.0588. The lowest BCUT2D eigenvalue weighted by Crippen LogP contribution is -2.48. The number of piperazine rings is 1. The first-order valence-corrected chi connectivity index (χ1v) is 7.63. The van der Waals surface area contributed by atoms with Crippen LogP contribution in [0.4, 0.5) is 0 Å². The van der Waals surface area contributed by atoms with Gasteiger partial charge in [0.1, 0.15) is 0 Å². The Bertz CT molecular complexity index is 657. The highest BCUT2D eigenvalue weighted by atomic mass is 16.5. The molecule has 1 amide bonds. The van der Waals surface area contributed by atoms with Crippen molar-refractivity contribution in [2.24, 2.45) is 0 Å². The normalized spacial score (nSPS) is 16.0. The number of carbonyl (C=O) groups is 1.